The topological polar surface area (TPSA) is 74.7 Å². The number of benzene rings is 1. The maximum absolute atomic E-state index is 12.4. The van der Waals surface area contributed by atoms with Crippen LogP contribution in [0.25, 0.3) is 0 Å². The van der Waals surface area contributed by atoms with E-state index < -0.39 is 5.97 Å². The van der Waals surface area contributed by atoms with Crippen molar-refractivity contribution >= 4 is 35.1 Å². The predicted octanol–water partition coefficient (Wildman–Crippen LogP) is 2.72. The number of aromatic carboxylic acids is 1. The molecular weight excluding hydrogens is 294 g/mol. The van der Waals surface area contributed by atoms with E-state index in [1.165, 1.54) is 18.2 Å². The second kappa shape index (κ2) is 5.15. The first-order chi connectivity index (χ1) is 10.0. The third kappa shape index (κ3) is 2.21. The molecule has 0 radical (unpaired) electrons. The molecule has 2 atom stereocenters. The van der Waals surface area contributed by atoms with Crippen molar-refractivity contribution in [3.05, 3.63) is 28.8 Å². The highest BCUT2D eigenvalue weighted by molar-refractivity contribution is 6.34. The van der Waals surface area contributed by atoms with Gasteiger partial charge in [0.15, 0.2) is 0 Å². The summed E-state index contributed by atoms with van der Waals surface area (Å²) in [6.07, 6.45) is 3.42. The SMILES string of the molecule is O=C(O)c1ccc(N2C(=O)[C@H]3CCCC[C@H]3C2=O)cc1Cl. The highest BCUT2D eigenvalue weighted by Crippen LogP contribution is 2.40. The van der Waals surface area contributed by atoms with E-state index in [-0.39, 0.29) is 34.2 Å². The molecular formula is C15H14ClNO4. The molecule has 3 rings (SSSR count). The Morgan fingerprint density at radius 1 is 1.14 bits per heavy atom. The van der Waals surface area contributed by atoms with E-state index in [0.717, 1.165) is 30.6 Å². The Morgan fingerprint density at radius 2 is 1.71 bits per heavy atom. The van der Waals surface area contributed by atoms with E-state index >= 15 is 0 Å². The van der Waals surface area contributed by atoms with Crippen LogP contribution in [0, 0.1) is 11.8 Å². The molecule has 6 heteroatoms. The number of nitrogens with zero attached hydrogens (tertiary/aromatic N) is 1. The van der Waals surface area contributed by atoms with Gasteiger partial charge in [0.2, 0.25) is 11.8 Å². The number of carboxylic acids is 1. The molecule has 1 aliphatic carbocycles. The molecule has 0 unspecified atom stereocenters. The van der Waals surface area contributed by atoms with Crippen LogP contribution in [-0.2, 0) is 9.59 Å². The summed E-state index contributed by atoms with van der Waals surface area (Å²) in [6.45, 7) is 0. The van der Waals surface area contributed by atoms with Crippen LogP contribution in [0.1, 0.15) is 36.0 Å². The molecule has 1 heterocycles. The van der Waals surface area contributed by atoms with E-state index in [9.17, 15) is 14.4 Å². The molecule has 2 aliphatic rings. The van der Waals surface area contributed by atoms with Gasteiger partial charge in [-0.05, 0) is 31.0 Å². The molecule has 1 saturated heterocycles. The number of carboxylic acid groups (broad SMARTS) is 1. The molecule has 0 aromatic heterocycles. The number of halogens is 1. The number of carbonyl (C=O) groups excluding carboxylic acids is 2. The number of hydrogen-bond acceptors (Lipinski definition) is 3. The van der Waals surface area contributed by atoms with Crippen LogP contribution >= 0.6 is 11.6 Å². The summed E-state index contributed by atoms with van der Waals surface area (Å²) in [5.74, 6) is -1.99. The lowest BCUT2D eigenvalue weighted by Crippen LogP contribution is -2.30. The van der Waals surface area contributed by atoms with E-state index in [1.807, 2.05) is 0 Å². The minimum Gasteiger partial charge on any atom is -0.478 e. The van der Waals surface area contributed by atoms with Crippen molar-refractivity contribution in [2.75, 3.05) is 4.90 Å². The lowest BCUT2D eigenvalue weighted by atomic mass is 9.81. The minimum absolute atomic E-state index is 0.0236. The number of carbonyl (C=O) groups is 3. The molecule has 1 N–H and O–H groups in total. The second-order valence-corrected chi connectivity index (χ2v) is 5.89. The lowest BCUT2D eigenvalue weighted by molar-refractivity contribution is -0.122. The Kier molecular flexibility index (Phi) is 3.45. The van der Waals surface area contributed by atoms with Gasteiger partial charge in [0.05, 0.1) is 28.1 Å². The summed E-state index contributed by atoms with van der Waals surface area (Å²) >= 11 is 5.92. The zero-order chi connectivity index (χ0) is 15.1. The van der Waals surface area contributed by atoms with Gasteiger partial charge in [0.25, 0.3) is 0 Å². The molecule has 110 valence electrons. The van der Waals surface area contributed by atoms with Gasteiger partial charge in [-0.15, -0.1) is 0 Å². The first kappa shape index (κ1) is 14.1. The van der Waals surface area contributed by atoms with Gasteiger partial charge in [-0.1, -0.05) is 24.4 Å². The number of imide groups is 1. The molecule has 1 aromatic carbocycles. The largest absolute Gasteiger partial charge is 0.478 e. The molecule has 5 nitrogen and oxygen atoms in total. The van der Waals surface area contributed by atoms with Gasteiger partial charge in [-0.3, -0.25) is 14.5 Å². The second-order valence-electron chi connectivity index (χ2n) is 5.48. The molecule has 2 amide bonds. The normalized spacial score (nSPS) is 25.1. The van der Waals surface area contributed by atoms with Crippen LogP contribution < -0.4 is 4.90 Å². The zero-order valence-electron chi connectivity index (χ0n) is 11.2. The predicted molar refractivity (Wildman–Crippen MR) is 76.4 cm³/mol. The van der Waals surface area contributed by atoms with Crippen molar-refractivity contribution in [1.29, 1.82) is 0 Å². The first-order valence-corrected chi connectivity index (χ1v) is 7.29. The summed E-state index contributed by atoms with van der Waals surface area (Å²) in [5.41, 5.74) is 0.311. The fraction of sp³-hybridized carbons (Fsp3) is 0.400. The fourth-order valence-corrected chi connectivity index (χ4v) is 3.49. The van der Waals surface area contributed by atoms with Gasteiger partial charge < -0.3 is 5.11 Å². The Morgan fingerprint density at radius 3 is 2.19 bits per heavy atom. The summed E-state index contributed by atoms with van der Waals surface area (Å²) < 4.78 is 0. The molecule has 0 spiro atoms. The summed E-state index contributed by atoms with van der Waals surface area (Å²) in [6, 6.07) is 4.16. The highest BCUT2D eigenvalue weighted by atomic mass is 35.5. The third-order valence-corrected chi connectivity index (χ3v) is 4.60. The maximum atomic E-state index is 12.4. The highest BCUT2D eigenvalue weighted by Gasteiger charge is 2.48. The number of amides is 2. The standard InChI is InChI=1S/C15H14ClNO4/c16-12-7-8(5-6-11(12)15(20)21)17-13(18)9-3-1-2-4-10(9)14(17)19/h5-7,9-10H,1-4H2,(H,20,21)/t9-,10+. The smallest absolute Gasteiger partial charge is 0.337 e. The summed E-state index contributed by atoms with van der Waals surface area (Å²) in [5, 5.41) is 8.99. The van der Waals surface area contributed by atoms with Crippen molar-refractivity contribution in [2.45, 2.75) is 25.7 Å². The Hall–Kier alpha value is -1.88. The Balaban J connectivity index is 1.97. The van der Waals surface area contributed by atoms with Crippen molar-refractivity contribution < 1.29 is 19.5 Å². The molecule has 0 bridgehead atoms. The molecule has 1 saturated carbocycles. The fourth-order valence-electron chi connectivity index (χ4n) is 3.23. The van der Waals surface area contributed by atoms with E-state index in [4.69, 9.17) is 16.7 Å². The van der Waals surface area contributed by atoms with Gasteiger partial charge in [0, 0.05) is 0 Å². The van der Waals surface area contributed by atoms with E-state index in [2.05, 4.69) is 0 Å². The number of hydrogen-bond donors (Lipinski definition) is 1. The van der Waals surface area contributed by atoms with Gasteiger partial charge in [0.1, 0.15) is 0 Å². The summed E-state index contributed by atoms with van der Waals surface area (Å²) in [7, 11) is 0. The van der Waals surface area contributed by atoms with Crippen molar-refractivity contribution in [2.24, 2.45) is 11.8 Å². The van der Waals surface area contributed by atoms with Crippen molar-refractivity contribution in [3.63, 3.8) is 0 Å². The molecule has 21 heavy (non-hydrogen) atoms. The number of fused-ring (bicyclic) bond motifs is 1. The lowest BCUT2D eigenvalue weighted by Gasteiger charge is -2.19. The van der Waals surface area contributed by atoms with Crippen molar-refractivity contribution in [1.82, 2.24) is 0 Å². The van der Waals surface area contributed by atoms with Gasteiger partial charge >= 0.3 is 5.97 Å². The van der Waals surface area contributed by atoms with Crippen molar-refractivity contribution in [3.8, 4) is 0 Å². The minimum atomic E-state index is -1.14. The first-order valence-electron chi connectivity index (χ1n) is 6.91. The van der Waals surface area contributed by atoms with E-state index in [0.29, 0.717) is 5.69 Å². The molecule has 1 aliphatic heterocycles. The average Bonchev–Trinajstić information content (AvgIpc) is 2.71. The molecule has 1 aromatic rings. The van der Waals surface area contributed by atoms with Crippen LogP contribution in [0.5, 0.6) is 0 Å². The Labute approximate surface area is 126 Å². The quantitative estimate of drug-likeness (QED) is 0.852. The molecule has 2 fully saturated rings. The van der Waals surface area contributed by atoms with Crippen LogP contribution in [0.15, 0.2) is 18.2 Å². The van der Waals surface area contributed by atoms with E-state index in [1.54, 1.807) is 0 Å². The number of rotatable bonds is 2. The van der Waals surface area contributed by atoms with Crippen LogP contribution in [0.3, 0.4) is 0 Å². The van der Waals surface area contributed by atoms with Gasteiger partial charge in [-0.2, -0.15) is 0 Å². The average molecular weight is 308 g/mol. The zero-order valence-corrected chi connectivity index (χ0v) is 12.0. The van der Waals surface area contributed by atoms with Gasteiger partial charge in [-0.25, -0.2) is 4.79 Å². The van der Waals surface area contributed by atoms with Crippen LogP contribution in [0.4, 0.5) is 5.69 Å². The maximum Gasteiger partial charge on any atom is 0.337 e. The monoisotopic (exact) mass is 307 g/mol. The Bertz CT molecular complexity index is 619. The number of anilines is 1. The summed E-state index contributed by atoms with van der Waals surface area (Å²) in [4.78, 5) is 37.0. The van der Waals surface area contributed by atoms with Crippen LogP contribution in [-0.4, -0.2) is 22.9 Å². The third-order valence-electron chi connectivity index (χ3n) is 4.28. The van der Waals surface area contributed by atoms with Crippen LogP contribution in [0.2, 0.25) is 5.02 Å².